The highest BCUT2D eigenvalue weighted by atomic mass is 32.2. The Kier molecular flexibility index (Phi) is 4.35. The van der Waals surface area contributed by atoms with Crippen molar-refractivity contribution in [2.45, 2.75) is 25.2 Å². The van der Waals surface area contributed by atoms with Gasteiger partial charge in [-0.25, -0.2) is 0 Å². The summed E-state index contributed by atoms with van der Waals surface area (Å²) in [6, 6.07) is 8.89. The maximum atomic E-state index is 4.05. The predicted molar refractivity (Wildman–Crippen MR) is 87.4 cm³/mol. The number of benzene rings is 1. The maximum Gasteiger partial charge on any atom is 0.0582 e. The van der Waals surface area contributed by atoms with E-state index in [0.29, 0.717) is 0 Å². The second-order valence-electron chi connectivity index (χ2n) is 5.54. The topological polar surface area (TPSA) is 15.6 Å². The Morgan fingerprint density at radius 2 is 2.16 bits per heavy atom. The lowest BCUT2D eigenvalue weighted by Crippen LogP contribution is -2.19. The molecule has 0 amide bonds. The molecule has 1 aliphatic carbocycles. The Balaban J connectivity index is 2.16. The Morgan fingerprint density at radius 3 is 2.84 bits per heavy atom. The number of rotatable bonds is 4. The van der Waals surface area contributed by atoms with Crippen LogP contribution >= 0.6 is 11.8 Å². The molecule has 0 radical (unpaired) electrons. The summed E-state index contributed by atoms with van der Waals surface area (Å²) in [5.41, 5.74) is 4.86. The molecule has 102 valence electrons. The highest BCUT2D eigenvalue weighted by Gasteiger charge is 2.31. The van der Waals surface area contributed by atoms with Crippen LogP contribution in [0.25, 0.3) is 0 Å². The fourth-order valence-electron chi connectivity index (χ4n) is 2.46. The van der Waals surface area contributed by atoms with Crippen molar-refractivity contribution < 1.29 is 0 Å². The van der Waals surface area contributed by atoms with Gasteiger partial charge in [0.2, 0.25) is 0 Å². The molecule has 0 bridgehead atoms. The first kappa shape index (κ1) is 14.2. The Labute approximate surface area is 120 Å². The molecular weight excluding hydrogens is 252 g/mol. The summed E-state index contributed by atoms with van der Waals surface area (Å²) in [7, 11) is 6.00. The standard InChI is InChI=1S/C16H22N2S/c1-16(9-8-15(11-16)19-12-17-2)13-6-5-7-14(10-13)18(3)4/h5-8,10,12H,9,11H2,1-4H3. The van der Waals surface area contributed by atoms with E-state index < -0.39 is 0 Å². The molecule has 1 unspecified atom stereocenters. The third-order valence-corrected chi connectivity index (χ3v) is 4.64. The summed E-state index contributed by atoms with van der Waals surface area (Å²) in [6.45, 7) is 2.36. The second-order valence-corrected chi connectivity index (χ2v) is 6.51. The average molecular weight is 274 g/mol. The summed E-state index contributed by atoms with van der Waals surface area (Å²) in [4.78, 5) is 7.64. The normalized spacial score (nSPS) is 22.8. The van der Waals surface area contributed by atoms with E-state index in [4.69, 9.17) is 0 Å². The summed E-state index contributed by atoms with van der Waals surface area (Å²) in [5.74, 6) is 0. The molecule has 19 heavy (non-hydrogen) atoms. The van der Waals surface area contributed by atoms with E-state index in [-0.39, 0.29) is 5.41 Å². The molecule has 0 aliphatic heterocycles. The van der Waals surface area contributed by atoms with Gasteiger partial charge in [0.15, 0.2) is 0 Å². The van der Waals surface area contributed by atoms with Gasteiger partial charge in [-0.15, -0.1) is 0 Å². The molecule has 0 heterocycles. The van der Waals surface area contributed by atoms with Gasteiger partial charge in [-0.3, -0.25) is 4.99 Å². The van der Waals surface area contributed by atoms with E-state index in [0.717, 1.165) is 12.8 Å². The maximum absolute atomic E-state index is 4.05. The molecule has 2 rings (SSSR count). The van der Waals surface area contributed by atoms with Crippen molar-refractivity contribution in [1.82, 2.24) is 0 Å². The molecule has 1 aliphatic rings. The lowest BCUT2D eigenvalue weighted by molar-refractivity contribution is 0.510. The van der Waals surface area contributed by atoms with Crippen molar-refractivity contribution in [2.24, 2.45) is 4.99 Å². The molecular formula is C16H22N2S. The molecule has 0 aromatic heterocycles. The van der Waals surface area contributed by atoms with E-state index in [1.165, 1.54) is 16.2 Å². The molecule has 0 fully saturated rings. The molecule has 2 nitrogen and oxygen atoms in total. The van der Waals surface area contributed by atoms with E-state index in [2.05, 4.69) is 61.3 Å². The van der Waals surface area contributed by atoms with Gasteiger partial charge in [-0.05, 0) is 35.4 Å². The van der Waals surface area contributed by atoms with Gasteiger partial charge in [0.05, 0.1) is 5.55 Å². The lowest BCUT2D eigenvalue weighted by Gasteiger charge is -2.26. The van der Waals surface area contributed by atoms with Crippen molar-refractivity contribution in [3.05, 3.63) is 40.8 Å². The zero-order chi connectivity index (χ0) is 13.9. The van der Waals surface area contributed by atoms with E-state index in [1.807, 2.05) is 12.6 Å². The highest BCUT2D eigenvalue weighted by molar-refractivity contribution is 8.15. The number of nitrogens with zero attached hydrogens (tertiary/aromatic N) is 2. The molecule has 3 heteroatoms. The van der Waals surface area contributed by atoms with Crippen LogP contribution in [0, 0.1) is 0 Å². The van der Waals surface area contributed by atoms with Gasteiger partial charge in [0.1, 0.15) is 0 Å². The average Bonchev–Trinajstić information content (AvgIpc) is 2.80. The number of aliphatic imine (C=N–C) groups is 1. The van der Waals surface area contributed by atoms with E-state index in [1.54, 1.807) is 11.8 Å². The first-order chi connectivity index (χ1) is 9.05. The first-order valence-corrected chi connectivity index (χ1v) is 7.47. The van der Waals surface area contributed by atoms with Gasteiger partial charge < -0.3 is 4.90 Å². The number of thioether (sulfide) groups is 1. The van der Waals surface area contributed by atoms with Crippen LogP contribution in [0.1, 0.15) is 25.3 Å². The van der Waals surface area contributed by atoms with Crippen molar-refractivity contribution in [1.29, 1.82) is 0 Å². The lowest BCUT2D eigenvalue weighted by atomic mass is 9.80. The highest BCUT2D eigenvalue weighted by Crippen LogP contribution is 2.44. The minimum absolute atomic E-state index is 0.232. The van der Waals surface area contributed by atoms with Crippen molar-refractivity contribution >= 4 is 23.0 Å². The molecule has 1 aromatic rings. The molecule has 1 aromatic carbocycles. The van der Waals surface area contributed by atoms with Crippen LogP contribution in [-0.2, 0) is 5.41 Å². The first-order valence-electron chi connectivity index (χ1n) is 6.59. The number of hydrogen-bond acceptors (Lipinski definition) is 3. The number of allylic oxidation sites excluding steroid dienone is 2. The number of anilines is 1. The van der Waals surface area contributed by atoms with Crippen LogP contribution in [0.2, 0.25) is 0 Å². The zero-order valence-electron chi connectivity index (χ0n) is 12.2. The minimum Gasteiger partial charge on any atom is -0.378 e. The number of hydrogen-bond donors (Lipinski definition) is 0. The van der Waals surface area contributed by atoms with E-state index in [9.17, 15) is 0 Å². The van der Waals surface area contributed by atoms with Crippen molar-refractivity contribution in [3.63, 3.8) is 0 Å². The van der Waals surface area contributed by atoms with Gasteiger partial charge >= 0.3 is 0 Å². The fraction of sp³-hybridized carbons (Fsp3) is 0.438. The van der Waals surface area contributed by atoms with Gasteiger partial charge in [-0.2, -0.15) is 0 Å². The van der Waals surface area contributed by atoms with Gasteiger partial charge in [0.25, 0.3) is 0 Å². The van der Waals surface area contributed by atoms with Crippen LogP contribution < -0.4 is 4.90 Å². The summed E-state index contributed by atoms with van der Waals surface area (Å²) in [6.07, 6.45) is 4.58. The van der Waals surface area contributed by atoms with Gasteiger partial charge in [0, 0.05) is 32.2 Å². The summed E-state index contributed by atoms with van der Waals surface area (Å²) in [5, 5.41) is 0. The third-order valence-electron chi connectivity index (χ3n) is 3.71. The van der Waals surface area contributed by atoms with Crippen molar-refractivity contribution in [2.75, 3.05) is 26.0 Å². The quantitative estimate of drug-likeness (QED) is 0.607. The fourth-order valence-corrected chi connectivity index (χ4v) is 3.28. The second kappa shape index (κ2) is 5.83. The van der Waals surface area contributed by atoms with Crippen LogP contribution in [-0.4, -0.2) is 26.7 Å². The Morgan fingerprint density at radius 1 is 1.37 bits per heavy atom. The summed E-state index contributed by atoms with van der Waals surface area (Å²) < 4.78 is 0. The molecule has 1 atom stereocenters. The molecule has 0 saturated carbocycles. The molecule has 0 spiro atoms. The minimum atomic E-state index is 0.232. The van der Waals surface area contributed by atoms with Crippen LogP contribution in [0.3, 0.4) is 0 Å². The zero-order valence-corrected chi connectivity index (χ0v) is 13.0. The SMILES string of the molecule is CN=CSC1=CCC(C)(c2cccc(N(C)C)c2)C1. The van der Waals surface area contributed by atoms with Crippen LogP contribution in [0.4, 0.5) is 5.69 Å². The van der Waals surface area contributed by atoms with Crippen molar-refractivity contribution in [3.8, 4) is 0 Å². The third kappa shape index (κ3) is 3.21. The smallest absolute Gasteiger partial charge is 0.0582 e. The molecule has 0 N–H and O–H groups in total. The largest absolute Gasteiger partial charge is 0.378 e. The van der Waals surface area contributed by atoms with Crippen LogP contribution in [0.15, 0.2) is 40.2 Å². The van der Waals surface area contributed by atoms with Gasteiger partial charge in [-0.1, -0.05) is 36.9 Å². The Hall–Kier alpha value is -1.22. The predicted octanol–water partition coefficient (Wildman–Crippen LogP) is 4.08. The van der Waals surface area contributed by atoms with Crippen LogP contribution in [0.5, 0.6) is 0 Å². The van der Waals surface area contributed by atoms with E-state index >= 15 is 0 Å². The summed E-state index contributed by atoms with van der Waals surface area (Å²) >= 11 is 1.75. The Bertz CT molecular complexity index is 505. The molecule has 0 saturated heterocycles. The monoisotopic (exact) mass is 274 g/mol.